The van der Waals surface area contributed by atoms with Crippen LogP contribution in [0.3, 0.4) is 0 Å². The Balaban J connectivity index is 1.92. The molecule has 0 aliphatic heterocycles. The molecule has 0 saturated heterocycles. The number of alkyl halides is 3. The summed E-state index contributed by atoms with van der Waals surface area (Å²) in [5.41, 5.74) is -2.04. The summed E-state index contributed by atoms with van der Waals surface area (Å²) >= 11 is 0. The maximum absolute atomic E-state index is 13.6. The van der Waals surface area contributed by atoms with Crippen LogP contribution in [-0.2, 0) is 20.9 Å². The molecule has 0 amide bonds. The lowest BCUT2D eigenvalue weighted by molar-refractivity contribution is -0.142. The zero-order chi connectivity index (χ0) is 19.8. The first-order valence-corrected chi connectivity index (χ1v) is 9.70. The number of hydrogen-bond acceptors (Lipinski definition) is 4. The number of rotatable bonds is 7. The zero-order valence-electron chi connectivity index (χ0n) is 14.2. The van der Waals surface area contributed by atoms with Crippen LogP contribution < -0.4 is 4.72 Å². The molecule has 2 aromatic rings. The molecule has 0 spiro atoms. The summed E-state index contributed by atoms with van der Waals surface area (Å²) in [6.45, 7) is 0. The number of halogens is 4. The minimum Gasteiger partial charge on any atom is -0.380 e. The number of benzene rings is 1. The quantitative estimate of drug-likeness (QED) is 0.716. The van der Waals surface area contributed by atoms with Crippen LogP contribution in [0.4, 0.5) is 23.2 Å². The third-order valence-electron chi connectivity index (χ3n) is 4.21. The van der Waals surface area contributed by atoms with Crippen LogP contribution in [-0.4, -0.2) is 37.2 Å². The van der Waals surface area contributed by atoms with E-state index in [1.807, 2.05) is 4.72 Å². The van der Waals surface area contributed by atoms with Crippen molar-refractivity contribution >= 4 is 15.7 Å². The third-order valence-corrected chi connectivity index (χ3v) is 5.51. The molecule has 6 nitrogen and oxygen atoms in total. The van der Waals surface area contributed by atoms with E-state index in [2.05, 4.69) is 5.10 Å². The van der Waals surface area contributed by atoms with Crippen LogP contribution in [0.1, 0.15) is 18.5 Å². The molecule has 1 atom stereocenters. The summed E-state index contributed by atoms with van der Waals surface area (Å²) in [6, 6.07) is 4.20. The van der Waals surface area contributed by atoms with Crippen molar-refractivity contribution in [3.63, 3.8) is 0 Å². The molecule has 1 fully saturated rings. The van der Waals surface area contributed by atoms with E-state index in [9.17, 15) is 26.0 Å². The minimum absolute atomic E-state index is 0.0538. The van der Waals surface area contributed by atoms with Crippen molar-refractivity contribution in [3.8, 4) is 5.69 Å². The molecule has 0 bridgehead atoms. The van der Waals surface area contributed by atoms with Crippen molar-refractivity contribution in [3.05, 3.63) is 42.0 Å². The SMILES string of the molecule is COC(CS(=O)(=O)Nc1cnn(-c2ccc(F)cc2)c1C(F)(F)F)C1CC1. The van der Waals surface area contributed by atoms with Gasteiger partial charge in [-0.05, 0) is 43.0 Å². The summed E-state index contributed by atoms with van der Waals surface area (Å²) in [6.07, 6.45) is -3.04. The molecular formula is C16H17F4N3O3S. The first-order chi connectivity index (χ1) is 12.6. The van der Waals surface area contributed by atoms with Gasteiger partial charge in [-0.2, -0.15) is 18.3 Å². The predicted octanol–water partition coefficient (Wildman–Crippen LogP) is 3.20. The average molecular weight is 407 g/mol. The number of hydrogen-bond donors (Lipinski definition) is 1. The number of ether oxygens (including phenoxy) is 1. The third kappa shape index (κ3) is 4.59. The van der Waals surface area contributed by atoms with Crippen molar-refractivity contribution in [2.24, 2.45) is 5.92 Å². The minimum atomic E-state index is -4.89. The van der Waals surface area contributed by atoms with Crippen molar-refractivity contribution in [2.75, 3.05) is 17.6 Å². The van der Waals surface area contributed by atoms with Crippen molar-refractivity contribution in [2.45, 2.75) is 25.1 Å². The summed E-state index contributed by atoms with van der Waals surface area (Å²) in [4.78, 5) is 0. The maximum atomic E-state index is 13.6. The second-order valence-electron chi connectivity index (χ2n) is 6.29. The van der Waals surface area contributed by atoms with Crippen molar-refractivity contribution < 1.29 is 30.7 Å². The van der Waals surface area contributed by atoms with Crippen LogP contribution in [0.15, 0.2) is 30.5 Å². The van der Waals surface area contributed by atoms with Crippen molar-refractivity contribution in [1.29, 1.82) is 0 Å². The first-order valence-electron chi connectivity index (χ1n) is 8.05. The second-order valence-corrected chi connectivity index (χ2v) is 8.05. The Bertz CT molecular complexity index is 906. The number of aromatic nitrogens is 2. The Labute approximate surface area is 153 Å². The van der Waals surface area contributed by atoms with Crippen LogP contribution in [0, 0.1) is 11.7 Å². The highest BCUT2D eigenvalue weighted by molar-refractivity contribution is 7.92. The molecule has 1 heterocycles. The predicted molar refractivity (Wildman–Crippen MR) is 89.5 cm³/mol. The molecule has 1 aromatic heterocycles. The van der Waals surface area contributed by atoms with E-state index in [1.165, 1.54) is 7.11 Å². The monoisotopic (exact) mass is 407 g/mol. The van der Waals surface area contributed by atoms with Gasteiger partial charge >= 0.3 is 6.18 Å². The normalized spacial score (nSPS) is 16.3. The van der Waals surface area contributed by atoms with E-state index >= 15 is 0 Å². The standard InChI is InChI=1S/C16H17F4N3O3S/c1-26-14(10-2-3-10)9-27(24,25)22-13-8-21-23(15(13)16(18,19)20)12-6-4-11(17)5-7-12/h4-8,10,14,22H,2-3,9H2,1H3. The highest BCUT2D eigenvalue weighted by Crippen LogP contribution is 2.38. The zero-order valence-corrected chi connectivity index (χ0v) is 15.0. The van der Waals surface area contributed by atoms with E-state index < -0.39 is 45.3 Å². The molecule has 1 aliphatic carbocycles. The van der Waals surface area contributed by atoms with Crippen LogP contribution >= 0.6 is 0 Å². The van der Waals surface area contributed by atoms with Gasteiger partial charge in [0.2, 0.25) is 10.0 Å². The fourth-order valence-electron chi connectivity index (χ4n) is 2.76. The van der Waals surface area contributed by atoms with E-state index in [0.717, 1.165) is 43.3 Å². The number of nitrogens with one attached hydrogen (secondary N) is 1. The van der Waals surface area contributed by atoms with Gasteiger partial charge in [-0.3, -0.25) is 4.72 Å². The topological polar surface area (TPSA) is 73.2 Å². The Kier molecular flexibility index (Phi) is 5.17. The number of sulfonamides is 1. The van der Waals surface area contributed by atoms with Gasteiger partial charge in [-0.15, -0.1) is 0 Å². The molecule has 27 heavy (non-hydrogen) atoms. The van der Waals surface area contributed by atoms with E-state index in [4.69, 9.17) is 4.74 Å². The van der Waals surface area contributed by atoms with Crippen molar-refractivity contribution in [1.82, 2.24) is 9.78 Å². The van der Waals surface area contributed by atoms with Gasteiger partial charge in [0.05, 0.1) is 29.4 Å². The van der Waals surface area contributed by atoms with Crippen LogP contribution in [0.5, 0.6) is 0 Å². The Morgan fingerprint density at radius 2 is 1.93 bits per heavy atom. The molecular weight excluding hydrogens is 390 g/mol. The highest BCUT2D eigenvalue weighted by atomic mass is 32.2. The van der Waals surface area contributed by atoms with Gasteiger partial charge < -0.3 is 4.74 Å². The van der Waals surface area contributed by atoms with Gasteiger partial charge in [-0.1, -0.05) is 0 Å². The fourth-order valence-corrected chi connectivity index (χ4v) is 4.17. The van der Waals surface area contributed by atoms with Gasteiger partial charge in [0.1, 0.15) is 5.82 Å². The lowest BCUT2D eigenvalue weighted by atomic mass is 10.3. The molecule has 148 valence electrons. The molecule has 3 rings (SSSR count). The first kappa shape index (κ1) is 19.6. The molecule has 1 saturated carbocycles. The lowest BCUT2D eigenvalue weighted by Gasteiger charge is -2.17. The Hall–Kier alpha value is -2.14. The fraction of sp³-hybridized carbons (Fsp3) is 0.438. The molecule has 1 N–H and O–H groups in total. The molecule has 11 heteroatoms. The summed E-state index contributed by atoms with van der Waals surface area (Å²) in [5.74, 6) is -0.977. The van der Waals surface area contributed by atoms with Crippen LogP contribution in [0.2, 0.25) is 0 Å². The lowest BCUT2D eigenvalue weighted by Crippen LogP contribution is -2.29. The molecule has 0 radical (unpaired) electrons. The molecule has 1 aromatic carbocycles. The van der Waals surface area contributed by atoms with E-state index in [-0.39, 0.29) is 11.6 Å². The summed E-state index contributed by atoms with van der Waals surface area (Å²) in [7, 11) is -2.73. The van der Waals surface area contributed by atoms with Gasteiger partial charge in [0.15, 0.2) is 5.69 Å². The number of methoxy groups -OCH3 is 1. The Morgan fingerprint density at radius 3 is 2.44 bits per heavy atom. The summed E-state index contributed by atoms with van der Waals surface area (Å²) in [5, 5.41) is 3.63. The number of anilines is 1. The molecule has 1 aliphatic rings. The maximum Gasteiger partial charge on any atom is 0.435 e. The van der Waals surface area contributed by atoms with E-state index in [0.29, 0.717) is 4.68 Å². The highest BCUT2D eigenvalue weighted by Gasteiger charge is 2.41. The number of nitrogens with zero attached hydrogens (tertiary/aromatic N) is 2. The van der Waals surface area contributed by atoms with E-state index in [1.54, 1.807) is 0 Å². The average Bonchev–Trinajstić information content (AvgIpc) is 3.33. The molecule has 1 unspecified atom stereocenters. The van der Waals surface area contributed by atoms with Gasteiger partial charge in [0, 0.05) is 7.11 Å². The smallest absolute Gasteiger partial charge is 0.380 e. The second kappa shape index (κ2) is 7.12. The van der Waals surface area contributed by atoms with Crippen LogP contribution in [0.25, 0.3) is 5.69 Å². The summed E-state index contributed by atoms with van der Waals surface area (Å²) < 4.78 is 86.0. The largest absolute Gasteiger partial charge is 0.435 e. The van der Waals surface area contributed by atoms with Gasteiger partial charge in [0.25, 0.3) is 0 Å². The Morgan fingerprint density at radius 1 is 1.30 bits per heavy atom. The van der Waals surface area contributed by atoms with Gasteiger partial charge in [-0.25, -0.2) is 17.5 Å².